The summed E-state index contributed by atoms with van der Waals surface area (Å²) in [7, 11) is 3.12. The van der Waals surface area contributed by atoms with Crippen LogP contribution in [0.15, 0.2) is 86.2 Å². The van der Waals surface area contributed by atoms with Crippen molar-refractivity contribution in [2.45, 2.75) is 39.3 Å². The van der Waals surface area contributed by atoms with Crippen molar-refractivity contribution in [1.82, 2.24) is 4.57 Å². The van der Waals surface area contributed by atoms with Gasteiger partial charge < -0.3 is 18.9 Å². The summed E-state index contributed by atoms with van der Waals surface area (Å²) in [6.07, 6.45) is 3.09. The first kappa shape index (κ1) is 32.5. The zero-order chi connectivity index (χ0) is 32.1. The molecule has 1 aromatic heterocycles. The van der Waals surface area contributed by atoms with Crippen LogP contribution in [0.4, 0.5) is 0 Å². The molecule has 1 atom stereocenters. The number of fused-ring (bicyclic) bond motifs is 1. The van der Waals surface area contributed by atoms with Crippen molar-refractivity contribution in [2.24, 2.45) is 4.99 Å². The molecular formula is C34H32BrClN2O6S. The number of nitrogens with zero attached hydrogens (tertiary/aromatic N) is 2. The van der Waals surface area contributed by atoms with E-state index in [1.54, 1.807) is 43.9 Å². The molecule has 1 aliphatic rings. The minimum Gasteiger partial charge on any atom is -0.497 e. The van der Waals surface area contributed by atoms with Crippen LogP contribution in [0.3, 0.4) is 0 Å². The number of hydrogen-bond acceptors (Lipinski definition) is 8. The molecule has 4 aromatic rings. The number of carbonyl (C=O) groups excluding carboxylic acids is 1. The van der Waals surface area contributed by atoms with Gasteiger partial charge in [0.1, 0.15) is 29.9 Å². The Morgan fingerprint density at radius 3 is 2.47 bits per heavy atom. The molecule has 8 nitrogen and oxygen atoms in total. The van der Waals surface area contributed by atoms with Crippen LogP contribution in [0, 0.1) is 0 Å². The molecule has 11 heteroatoms. The third-order valence-electron chi connectivity index (χ3n) is 7.18. The Kier molecular flexibility index (Phi) is 10.5. The average molecular weight is 712 g/mol. The van der Waals surface area contributed by atoms with E-state index in [0.717, 1.165) is 22.0 Å². The van der Waals surface area contributed by atoms with Crippen molar-refractivity contribution in [1.29, 1.82) is 0 Å². The van der Waals surface area contributed by atoms with E-state index in [4.69, 9.17) is 35.5 Å². The Morgan fingerprint density at radius 2 is 1.80 bits per heavy atom. The van der Waals surface area contributed by atoms with Crippen molar-refractivity contribution < 1.29 is 23.7 Å². The SMILES string of the molecule is CCCC1=C(C(=O)OCC)[C@@H](c2cc(OC)ccc2OC)n2c(s/c(=C\c3ccc(OCc4ccc(Cl)cc4)c(Br)c3)c2=O)=N1. The average Bonchev–Trinajstić information content (AvgIpc) is 3.34. The van der Waals surface area contributed by atoms with E-state index >= 15 is 0 Å². The minimum atomic E-state index is -0.829. The number of ether oxygens (including phenoxy) is 4. The Labute approximate surface area is 278 Å². The predicted octanol–water partition coefficient (Wildman–Crippen LogP) is 6.59. The van der Waals surface area contributed by atoms with Crippen molar-refractivity contribution in [3.8, 4) is 17.2 Å². The molecule has 0 fully saturated rings. The van der Waals surface area contributed by atoms with Crippen molar-refractivity contribution >= 4 is 50.9 Å². The first-order chi connectivity index (χ1) is 21.8. The lowest BCUT2D eigenvalue weighted by Gasteiger charge is -2.27. The van der Waals surface area contributed by atoms with Gasteiger partial charge in [0.2, 0.25) is 0 Å². The number of hydrogen-bond donors (Lipinski definition) is 0. The number of rotatable bonds is 11. The Morgan fingerprint density at radius 1 is 1.04 bits per heavy atom. The van der Waals surface area contributed by atoms with E-state index in [1.165, 1.54) is 11.3 Å². The van der Waals surface area contributed by atoms with Crippen LogP contribution in [0.2, 0.25) is 5.02 Å². The monoisotopic (exact) mass is 710 g/mol. The molecule has 45 heavy (non-hydrogen) atoms. The molecule has 2 heterocycles. The van der Waals surface area contributed by atoms with E-state index in [2.05, 4.69) is 15.9 Å². The third kappa shape index (κ3) is 7.03. The number of methoxy groups -OCH3 is 2. The lowest BCUT2D eigenvalue weighted by Crippen LogP contribution is -2.40. The fourth-order valence-corrected chi connectivity index (χ4v) is 6.74. The number of halogens is 2. The van der Waals surface area contributed by atoms with Crippen molar-refractivity contribution in [2.75, 3.05) is 20.8 Å². The van der Waals surface area contributed by atoms with Gasteiger partial charge in [0.15, 0.2) is 4.80 Å². The van der Waals surface area contributed by atoms with Crippen molar-refractivity contribution in [3.05, 3.63) is 118 Å². The van der Waals surface area contributed by atoms with Crippen LogP contribution in [-0.4, -0.2) is 31.4 Å². The van der Waals surface area contributed by atoms with Crippen LogP contribution in [0.5, 0.6) is 17.2 Å². The molecule has 0 spiro atoms. The largest absolute Gasteiger partial charge is 0.497 e. The zero-order valence-electron chi connectivity index (χ0n) is 25.3. The number of benzene rings is 3. The second-order valence-corrected chi connectivity index (χ2v) is 12.4. The molecule has 0 unspecified atom stereocenters. The summed E-state index contributed by atoms with van der Waals surface area (Å²) in [6.45, 7) is 4.33. The molecule has 0 radical (unpaired) electrons. The molecule has 234 valence electrons. The molecule has 0 aliphatic carbocycles. The van der Waals surface area contributed by atoms with Gasteiger partial charge in [-0.05, 0) is 88.9 Å². The first-order valence-electron chi connectivity index (χ1n) is 14.4. The molecule has 0 bridgehead atoms. The number of aromatic nitrogens is 1. The van der Waals surface area contributed by atoms with E-state index in [-0.39, 0.29) is 12.2 Å². The number of carbonyl (C=O) groups is 1. The summed E-state index contributed by atoms with van der Waals surface area (Å²) in [5, 5.41) is 0.669. The van der Waals surface area contributed by atoms with Gasteiger partial charge in [0.05, 0.1) is 41.1 Å². The van der Waals surface area contributed by atoms with Gasteiger partial charge in [-0.15, -0.1) is 0 Å². The van der Waals surface area contributed by atoms with Crippen LogP contribution in [-0.2, 0) is 16.1 Å². The molecular weight excluding hydrogens is 680 g/mol. The van der Waals surface area contributed by atoms with Gasteiger partial charge in [-0.1, -0.05) is 54.5 Å². The van der Waals surface area contributed by atoms with E-state index in [0.29, 0.717) is 61.5 Å². The highest BCUT2D eigenvalue weighted by molar-refractivity contribution is 9.10. The van der Waals surface area contributed by atoms with Gasteiger partial charge in [0.25, 0.3) is 5.56 Å². The molecule has 0 saturated heterocycles. The summed E-state index contributed by atoms with van der Waals surface area (Å²) < 4.78 is 25.5. The minimum absolute atomic E-state index is 0.183. The summed E-state index contributed by atoms with van der Waals surface area (Å²) in [5.41, 5.74) is 2.99. The van der Waals surface area contributed by atoms with Gasteiger partial charge in [-0.3, -0.25) is 9.36 Å². The topological polar surface area (TPSA) is 88.4 Å². The van der Waals surface area contributed by atoms with Crippen molar-refractivity contribution in [3.63, 3.8) is 0 Å². The van der Waals surface area contributed by atoms with Gasteiger partial charge in [-0.25, -0.2) is 9.79 Å². The molecule has 3 aromatic carbocycles. The Bertz CT molecular complexity index is 1930. The van der Waals surface area contributed by atoms with Gasteiger partial charge in [-0.2, -0.15) is 0 Å². The normalized spacial score (nSPS) is 14.5. The zero-order valence-corrected chi connectivity index (χ0v) is 28.4. The summed E-state index contributed by atoms with van der Waals surface area (Å²) in [5.74, 6) is 1.21. The summed E-state index contributed by atoms with van der Waals surface area (Å²) >= 11 is 10.9. The highest BCUT2D eigenvalue weighted by Gasteiger charge is 2.36. The fourth-order valence-electron chi connectivity index (χ4n) is 5.09. The lowest BCUT2D eigenvalue weighted by molar-refractivity contribution is -0.139. The number of esters is 1. The summed E-state index contributed by atoms with van der Waals surface area (Å²) in [6, 6.07) is 17.6. The van der Waals surface area contributed by atoms with Crippen LogP contribution >= 0.6 is 38.9 Å². The van der Waals surface area contributed by atoms with Crippen LogP contribution in [0.25, 0.3) is 6.08 Å². The van der Waals surface area contributed by atoms with Gasteiger partial charge in [0, 0.05) is 10.6 Å². The Balaban J connectivity index is 1.61. The summed E-state index contributed by atoms with van der Waals surface area (Å²) in [4.78, 5) is 33.0. The fraction of sp³-hybridized carbons (Fsp3) is 0.265. The third-order valence-corrected chi connectivity index (χ3v) is 9.04. The standard InChI is InChI=1S/C34H32BrClN2O6S/c1-5-7-26-30(33(40)43-6-2)31(24-18-23(41-3)13-15-27(24)42-4)38-32(39)29(45-34(38)37-26)17-21-10-14-28(25(35)16-21)44-19-20-8-11-22(36)12-9-20/h8-18,31H,5-7,19H2,1-4H3/b29-17-/t31-/m1/s1. The van der Waals surface area contributed by atoms with Crippen LogP contribution < -0.4 is 29.1 Å². The second kappa shape index (κ2) is 14.5. The molecule has 5 rings (SSSR count). The lowest BCUT2D eigenvalue weighted by atomic mass is 9.93. The maximum Gasteiger partial charge on any atom is 0.338 e. The molecule has 0 saturated carbocycles. The van der Waals surface area contributed by atoms with Gasteiger partial charge >= 0.3 is 5.97 Å². The maximum atomic E-state index is 14.2. The molecule has 0 N–H and O–H groups in total. The van der Waals surface area contributed by atoms with E-state index in [9.17, 15) is 9.59 Å². The predicted molar refractivity (Wildman–Crippen MR) is 179 cm³/mol. The number of thiazole rings is 1. The smallest absolute Gasteiger partial charge is 0.338 e. The quantitative estimate of drug-likeness (QED) is 0.163. The highest BCUT2D eigenvalue weighted by atomic mass is 79.9. The Hall–Kier alpha value is -3.86. The van der Waals surface area contributed by atoms with E-state index in [1.807, 2.05) is 55.5 Å². The van der Waals surface area contributed by atoms with E-state index < -0.39 is 12.0 Å². The highest BCUT2D eigenvalue weighted by Crippen LogP contribution is 2.39. The number of allylic oxidation sites excluding steroid dienone is 1. The second-order valence-electron chi connectivity index (χ2n) is 10.1. The molecule has 1 aliphatic heterocycles. The molecule has 0 amide bonds. The maximum absolute atomic E-state index is 14.2. The first-order valence-corrected chi connectivity index (χ1v) is 16.4. The van der Waals surface area contributed by atoms with Crippen LogP contribution in [0.1, 0.15) is 49.4 Å².